The predicted octanol–water partition coefficient (Wildman–Crippen LogP) is 3.81. The Balaban J connectivity index is 2.42. The smallest absolute Gasteiger partial charge is 0.258 e. The molecule has 5 nitrogen and oxygen atoms in total. The van der Waals surface area contributed by atoms with Crippen molar-refractivity contribution in [3.63, 3.8) is 0 Å². The first-order chi connectivity index (χ1) is 8.99. The van der Waals surface area contributed by atoms with Gasteiger partial charge >= 0.3 is 0 Å². The topological polar surface area (TPSA) is 68.9 Å². The van der Waals surface area contributed by atoms with E-state index in [1.54, 1.807) is 18.2 Å². The third-order valence-electron chi connectivity index (χ3n) is 2.50. The Kier molecular flexibility index (Phi) is 4.01. The highest BCUT2D eigenvalue weighted by atomic mass is 35.5. The van der Waals surface area contributed by atoms with Crippen LogP contribution in [-0.2, 0) is 0 Å². The molecule has 0 amide bonds. The molecular formula is C12H10ClN3O2S. The molecule has 19 heavy (non-hydrogen) atoms. The molecule has 0 aliphatic rings. The Labute approximate surface area is 119 Å². The van der Waals surface area contributed by atoms with Gasteiger partial charge in [-0.3, -0.25) is 10.1 Å². The molecule has 98 valence electrons. The zero-order chi connectivity index (χ0) is 14.0. The minimum absolute atomic E-state index is 0.0311. The second kappa shape index (κ2) is 5.54. The molecule has 1 aromatic heterocycles. The summed E-state index contributed by atoms with van der Waals surface area (Å²) in [6.45, 7) is 3.63. The predicted molar refractivity (Wildman–Crippen MR) is 73.7 cm³/mol. The molecule has 0 N–H and O–H groups in total. The fraction of sp³-hybridized carbons (Fsp3) is 0.167. The van der Waals surface area contributed by atoms with Gasteiger partial charge in [0.1, 0.15) is 5.03 Å². The second-order valence-corrected chi connectivity index (χ2v) is 5.21. The Morgan fingerprint density at radius 2 is 1.84 bits per heavy atom. The van der Waals surface area contributed by atoms with Gasteiger partial charge in [-0.15, -0.1) is 0 Å². The summed E-state index contributed by atoms with van der Waals surface area (Å²) < 4.78 is 0. The first kappa shape index (κ1) is 13.8. The summed E-state index contributed by atoms with van der Waals surface area (Å²) in [5.74, 6) is 0. The van der Waals surface area contributed by atoms with E-state index in [9.17, 15) is 10.1 Å². The molecule has 0 saturated carbocycles. The Morgan fingerprint density at radius 1 is 1.21 bits per heavy atom. The molecular weight excluding hydrogens is 286 g/mol. The summed E-state index contributed by atoms with van der Waals surface area (Å²) in [6, 6.07) is 6.47. The van der Waals surface area contributed by atoms with E-state index >= 15 is 0 Å². The number of halogens is 1. The molecule has 2 aromatic rings. The summed E-state index contributed by atoms with van der Waals surface area (Å²) in [7, 11) is 0. The van der Waals surface area contributed by atoms with Crippen LogP contribution in [0.1, 0.15) is 11.4 Å². The van der Waals surface area contributed by atoms with Crippen LogP contribution in [0, 0.1) is 24.0 Å². The number of nitrogens with zero attached hydrogens (tertiary/aromatic N) is 3. The van der Waals surface area contributed by atoms with Crippen molar-refractivity contribution in [1.29, 1.82) is 0 Å². The van der Waals surface area contributed by atoms with Gasteiger partial charge in [0.05, 0.1) is 21.2 Å². The number of aromatic nitrogens is 2. The van der Waals surface area contributed by atoms with Gasteiger partial charge in [-0.2, -0.15) is 0 Å². The standard InChI is InChI=1S/C12H10ClN3O2S/c1-7-8(2)15-12(11(13)14-7)19-10-6-4-3-5-9(10)16(17)18/h3-6H,1-2H3. The number of nitro benzene ring substituents is 1. The number of rotatable bonds is 3. The molecule has 0 spiro atoms. The fourth-order valence-corrected chi connectivity index (χ4v) is 2.62. The van der Waals surface area contributed by atoms with E-state index in [-0.39, 0.29) is 10.8 Å². The zero-order valence-electron chi connectivity index (χ0n) is 10.3. The lowest BCUT2D eigenvalue weighted by atomic mass is 10.3. The van der Waals surface area contributed by atoms with Crippen LogP contribution in [0.2, 0.25) is 5.15 Å². The molecule has 0 aliphatic carbocycles. The number of hydrogen-bond acceptors (Lipinski definition) is 5. The minimum atomic E-state index is -0.426. The lowest BCUT2D eigenvalue weighted by molar-refractivity contribution is -0.387. The van der Waals surface area contributed by atoms with E-state index in [1.807, 2.05) is 13.8 Å². The van der Waals surface area contributed by atoms with Gasteiger partial charge in [0, 0.05) is 6.07 Å². The zero-order valence-corrected chi connectivity index (χ0v) is 11.8. The van der Waals surface area contributed by atoms with E-state index in [4.69, 9.17) is 11.6 Å². The molecule has 0 unspecified atom stereocenters. The average molecular weight is 296 g/mol. The molecule has 1 heterocycles. The van der Waals surface area contributed by atoms with E-state index in [1.165, 1.54) is 6.07 Å². The summed E-state index contributed by atoms with van der Waals surface area (Å²) in [4.78, 5) is 19.5. The largest absolute Gasteiger partial charge is 0.283 e. The quantitative estimate of drug-likeness (QED) is 0.636. The van der Waals surface area contributed by atoms with Crippen LogP contribution in [-0.4, -0.2) is 14.9 Å². The maximum atomic E-state index is 10.9. The lowest BCUT2D eigenvalue weighted by Gasteiger charge is -2.06. The van der Waals surface area contributed by atoms with Crippen LogP contribution in [0.15, 0.2) is 34.2 Å². The molecule has 1 aromatic carbocycles. The number of aryl methyl sites for hydroxylation is 2. The highest BCUT2D eigenvalue weighted by molar-refractivity contribution is 7.99. The molecule has 2 rings (SSSR count). The van der Waals surface area contributed by atoms with Crippen LogP contribution in [0.4, 0.5) is 5.69 Å². The monoisotopic (exact) mass is 295 g/mol. The molecule has 0 fully saturated rings. The van der Waals surface area contributed by atoms with Gasteiger partial charge in [-0.1, -0.05) is 35.5 Å². The van der Waals surface area contributed by atoms with Crippen LogP contribution in [0.5, 0.6) is 0 Å². The molecule has 7 heteroatoms. The first-order valence-corrected chi connectivity index (χ1v) is 6.60. The molecule has 0 aliphatic heterocycles. The molecule has 0 bridgehead atoms. The second-order valence-electron chi connectivity index (χ2n) is 3.82. The minimum Gasteiger partial charge on any atom is -0.258 e. The van der Waals surface area contributed by atoms with Gasteiger partial charge in [0.15, 0.2) is 5.15 Å². The van der Waals surface area contributed by atoms with Crippen molar-refractivity contribution in [2.75, 3.05) is 0 Å². The molecule has 0 saturated heterocycles. The lowest BCUT2D eigenvalue weighted by Crippen LogP contribution is -1.96. The van der Waals surface area contributed by atoms with Gasteiger partial charge in [-0.05, 0) is 19.9 Å². The highest BCUT2D eigenvalue weighted by Crippen LogP contribution is 2.36. The number of nitro groups is 1. The number of benzene rings is 1. The van der Waals surface area contributed by atoms with Crippen molar-refractivity contribution in [3.8, 4) is 0 Å². The van der Waals surface area contributed by atoms with Crippen molar-refractivity contribution in [1.82, 2.24) is 9.97 Å². The van der Waals surface area contributed by atoms with Crippen LogP contribution < -0.4 is 0 Å². The SMILES string of the molecule is Cc1nc(Cl)c(Sc2ccccc2[N+](=O)[O-])nc1C. The maximum Gasteiger partial charge on any atom is 0.283 e. The molecule has 0 radical (unpaired) electrons. The van der Waals surface area contributed by atoms with Crippen LogP contribution >= 0.6 is 23.4 Å². The van der Waals surface area contributed by atoms with E-state index < -0.39 is 4.92 Å². The van der Waals surface area contributed by atoms with Crippen LogP contribution in [0.3, 0.4) is 0 Å². The summed E-state index contributed by atoms with van der Waals surface area (Å²) in [5, 5.41) is 11.7. The average Bonchev–Trinajstić information content (AvgIpc) is 2.36. The van der Waals surface area contributed by atoms with E-state index in [0.717, 1.165) is 23.1 Å². The summed E-state index contributed by atoms with van der Waals surface area (Å²) >= 11 is 7.16. The van der Waals surface area contributed by atoms with E-state index in [0.29, 0.717) is 9.92 Å². The number of para-hydroxylation sites is 1. The fourth-order valence-electron chi connectivity index (χ4n) is 1.42. The first-order valence-electron chi connectivity index (χ1n) is 5.41. The highest BCUT2D eigenvalue weighted by Gasteiger charge is 2.16. The maximum absolute atomic E-state index is 10.9. The summed E-state index contributed by atoms with van der Waals surface area (Å²) in [5.41, 5.74) is 1.53. The third kappa shape index (κ3) is 3.02. The Morgan fingerprint density at radius 3 is 2.53 bits per heavy atom. The van der Waals surface area contributed by atoms with Crippen molar-refractivity contribution in [3.05, 3.63) is 50.9 Å². The van der Waals surface area contributed by atoms with E-state index in [2.05, 4.69) is 9.97 Å². The number of hydrogen-bond donors (Lipinski definition) is 0. The molecule has 0 atom stereocenters. The van der Waals surface area contributed by atoms with Gasteiger partial charge in [-0.25, -0.2) is 9.97 Å². The Bertz CT molecular complexity index is 649. The van der Waals surface area contributed by atoms with Crippen molar-refractivity contribution in [2.45, 2.75) is 23.8 Å². The Hall–Kier alpha value is -1.66. The summed E-state index contributed by atoms with van der Waals surface area (Å²) in [6.07, 6.45) is 0. The van der Waals surface area contributed by atoms with Gasteiger partial charge in [0.25, 0.3) is 5.69 Å². The van der Waals surface area contributed by atoms with Gasteiger partial charge in [0.2, 0.25) is 0 Å². The normalized spacial score (nSPS) is 10.5. The van der Waals surface area contributed by atoms with Gasteiger partial charge < -0.3 is 0 Å². The third-order valence-corrected chi connectivity index (χ3v) is 3.92. The van der Waals surface area contributed by atoms with Crippen LogP contribution in [0.25, 0.3) is 0 Å². The van der Waals surface area contributed by atoms with Crippen molar-refractivity contribution >= 4 is 29.1 Å². The van der Waals surface area contributed by atoms with Crippen molar-refractivity contribution < 1.29 is 4.92 Å². The van der Waals surface area contributed by atoms with Crippen molar-refractivity contribution in [2.24, 2.45) is 0 Å².